The first-order valence-corrected chi connectivity index (χ1v) is 9.10. The number of benzene rings is 2. The summed E-state index contributed by atoms with van der Waals surface area (Å²) in [4.78, 5) is 25.9. The van der Waals surface area contributed by atoms with Gasteiger partial charge in [0.05, 0.1) is 14.1 Å². The predicted molar refractivity (Wildman–Crippen MR) is 111 cm³/mol. The van der Waals surface area contributed by atoms with Crippen LogP contribution in [0.1, 0.15) is 0 Å². The molecule has 2 aromatic heterocycles. The molecule has 28 heavy (non-hydrogen) atoms. The van der Waals surface area contributed by atoms with Crippen LogP contribution in [0.2, 0.25) is 0 Å². The zero-order valence-corrected chi connectivity index (χ0v) is 15.6. The zero-order chi connectivity index (χ0) is 19.4. The summed E-state index contributed by atoms with van der Waals surface area (Å²) in [6, 6.07) is 23.9. The Morgan fingerprint density at radius 2 is 1.46 bits per heavy atom. The molecule has 5 heteroatoms. The molecule has 2 heterocycles. The van der Waals surface area contributed by atoms with Crippen molar-refractivity contribution in [1.82, 2.24) is 9.13 Å². The number of fused-ring (bicyclic) bond motifs is 5. The van der Waals surface area contributed by atoms with Gasteiger partial charge in [0.2, 0.25) is 0 Å². The van der Waals surface area contributed by atoms with E-state index < -0.39 is 0 Å². The second-order valence-electron chi connectivity index (χ2n) is 6.95. The van der Waals surface area contributed by atoms with E-state index in [9.17, 15) is 9.59 Å². The molecular weight excluding hydrogens is 350 g/mol. The number of aryl methyl sites for hydroxylation is 1. The molecule has 5 rings (SSSR count). The van der Waals surface area contributed by atoms with E-state index >= 15 is 0 Å². The number of aromatic nitrogens is 3. The molecule has 0 bridgehead atoms. The lowest BCUT2D eigenvalue weighted by atomic mass is 10.1. The number of rotatable bonds is 1. The molecule has 0 aliphatic rings. The minimum atomic E-state index is -0.342. The van der Waals surface area contributed by atoms with Crippen LogP contribution in [-0.2, 0) is 14.1 Å². The Kier molecular flexibility index (Phi) is 3.46. The van der Waals surface area contributed by atoms with Gasteiger partial charge in [0, 0.05) is 5.39 Å². The van der Waals surface area contributed by atoms with Crippen molar-refractivity contribution in [1.29, 1.82) is 0 Å². The van der Waals surface area contributed by atoms with Gasteiger partial charge in [0.1, 0.15) is 16.6 Å². The molecule has 0 aliphatic carbocycles. The van der Waals surface area contributed by atoms with Gasteiger partial charge in [-0.1, -0.05) is 54.6 Å². The molecule has 0 radical (unpaired) electrons. The van der Waals surface area contributed by atoms with Crippen molar-refractivity contribution in [3.63, 3.8) is 0 Å². The maximum Gasteiger partial charge on any atom is 0.445 e. The van der Waals surface area contributed by atoms with Crippen molar-refractivity contribution < 1.29 is 4.57 Å². The summed E-state index contributed by atoms with van der Waals surface area (Å²) in [5.41, 5.74) is 1.77. The Morgan fingerprint density at radius 1 is 0.786 bits per heavy atom. The minimum Gasteiger partial charge on any atom is -0.250 e. The van der Waals surface area contributed by atoms with Gasteiger partial charge in [-0.3, -0.25) is 0 Å². The van der Waals surface area contributed by atoms with E-state index in [2.05, 4.69) is 0 Å². The number of hydrogen-bond acceptors (Lipinski definition) is 2. The fraction of sp³-hybridized carbons (Fsp3) is 0.0870. The Bertz CT molecular complexity index is 1510. The van der Waals surface area contributed by atoms with Crippen molar-refractivity contribution in [3.05, 3.63) is 93.6 Å². The normalized spacial score (nSPS) is 11.5. The van der Waals surface area contributed by atoms with E-state index in [1.54, 1.807) is 11.6 Å². The van der Waals surface area contributed by atoms with E-state index in [0.29, 0.717) is 11.0 Å². The monoisotopic (exact) mass is 368 g/mol. The van der Waals surface area contributed by atoms with E-state index in [4.69, 9.17) is 0 Å². The highest BCUT2D eigenvalue weighted by molar-refractivity contribution is 6.18. The van der Waals surface area contributed by atoms with E-state index in [0.717, 1.165) is 27.4 Å². The molecule has 0 saturated heterocycles. The molecule has 0 unspecified atom stereocenters. The molecule has 0 aliphatic heterocycles. The van der Waals surface area contributed by atoms with Gasteiger partial charge in [-0.25, -0.2) is 14.2 Å². The lowest BCUT2D eigenvalue weighted by Crippen LogP contribution is -2.55. The molecule has 3 aromatic carbocycles. The molecule has 0 N–H and O–H groups in total. The van der Waals surface area contributed by atoms with Gasteiger partial charge >= 0.3 is 11.2 Å². The first kappa shape index (κ1) is 16.4. The summed E-state index contributed by atoms with van der Waals surface area (Å²) in [7, 11) is 3.24. The molecule has 0 amide bonds. The molecule has 0 saturated carbocycles. The second kappa shape index (κ2) is 5.89. The van der Waals surface area contributed by atoms with Crippen LogP contribution in [0.15, 0.2) is 82.4 Å². The lowest BCUT2D eigenvalue weighted by Gasteiger charge is -2.03. The van der Waals surface area contributed by atoms with Gasteiger partial charge in [-0.2, -0.15) is 9.13 Å². The third-order valence-corrected chi connectivity index (χ3v) is 5.37. The van der Waals surface area contributed by atoms with E-state index in [1.807, 2.05) is 77.4 Å². The fourth-order valence-corrected chi connectivity index (χ4v) is 4.05. The first-order valence-electron chi connectivity index (χ1n) is 9.10. The van der Waals surface area contributed by atoms with Crippen LogP contribution in [-0.4, -0.2) is 9.13 Å². The summed E-state index contributed by atoms with van der Waals surface area (Å²) >= 11 is 0. The second-order valence-corrected chi connectivity index (χ2v) is 6.95. The Hall–Kier alpha value is -3.73. The average Bonchev–Trinajstić information content (AvgIpc) is 2.95. The van der Waals surface area contributed by atoms with Crippen molar-refractivity contribution in [2.45, 2.75) is 0 Å². The molecule has 0 spiro atoms. The maximum absolute atomic E-state index is 13.2. The van der Waals surface area contributed by atoms with Gasteiger partial charge < -0.3 is 0 Å². The van der Waals surface area contributed by atoms with E-state index in [1.165, 1.54) is 11.6 Å². The van der Waals surface area contributed by atoms with Gasteiger partial charge in [0.25, 0.3) is 5.65 Å². The zero-order valence-electron chi connectivity index (χ0n) is 15.6. The van der Waals surface area contributed by atoms with Gasteiger partial charge in [0.15, 0.2) is 0 Å². The van der Waals surface area contributed by atoms with Crippen LogP contribution in [0.5, 0.6) is 0 Å². The highest BCUT2D eigenvalue weighted by Gasteiger charge is 2.26. The molecule has 5 nitrogen and oxygen atoms in total. The Morgan fingerprint density at radius 3 is 2.25 bits per heavy atom. The molecule has 0 atom stereocenters. The third kappa shape index (κ3) is 2.10. The average molecular weight is 368 g/mol. The Balaban J connectivity index is 2.23. The number of nitrogens with zero attached hydrogens (tertiary/aromatic N) is 3. The lowest BCUT2D eigenvalue weighted by molar-refractivity contribution is -0.667. The predicted octanol–water partition coefficient (Wildman–Crippen LogP) is 2.82. The van der Waals surface area contributed by atoms with Crippen LogP contribution in [0.4, 0.5) is 0 Å². The smallest absolute Gasteiger partial charge is 0.250 e. The van der Waals surface area contributed by atoms with Crippen molar-refractivity contribution >= 4 is 32.7 Å². The molecule has 5 aromatic rings. The quantitative estimate of drug-likeness (QED) is 0.427. The molecular formula is C23H18N3O2+. The number of hydrogen-bond donors (Lipinski definition) is 0. The van der Waals surface area contributed by atoms with Crippen LogP contribution in [0.25, 0.3) is 38.4 Å². The van der Waals surface area contributed by atoms with Gasteiger partial charge in [-0.15, -0.1) is 0 Å². The van der Waals surface area contributed by atoms with Crippen molar-refractivity contribution in [2.75, 3.05) is 0 Å². The topological polar surface area (TPSA) is 47.9 Å². The van der Waals surface area contributed by atoms with Crippen LogP contribution in [0, 0.1) is 0 Å². The Labute approximate surface area is 160 Å². The number of para-hydroxylation sites is 1. The molecule has 136 valence electrons. The minimum absolute atomic E-state index is 0.283. The summed E-state index contributed by atoms with van der Waals surface area (Å²) < 4.78 is 4.73. The van der Waals surface area contributed by atoms with Crippen LogP contribution >= 0.6 is 0 Å². The maximum atomic E-state index is 13.2. The summed E-state index contributed by atoms with van der Waals surface area (Å²) in [5, 5.41) is 3.44. The highest BCUT2D eigenvalue weighted by Crippen LogP contribution is 2.32. The van der Waals surface area contributed by atoms with Crippen LogP contribution < -0.4 is 15.8 Å². The van der Waals surface area contributed by atoms with Crippen molar-refractivity contribution in [3.8, 4) is 5.69 Å². The van der Waals surface area contributed by atoms with Crippen LogP contribution in [0.3, 0.4) is 0 Å². The largest absolute Gasteiger partial charge is 0.445 e. The fourth-order valence-electron chi connectivity index (χ4n) is 4.05. The van der Waals surface area contributed by atoms with E-state index in [-0.39, 0.29) is 11.2 Å². The highest BCUT2D eigenvalue weighted by atomic mass is 16.2. The van der Waals surface area contributed by atoms with Crippen molar-refractivity contribution in [2.24, 2.45) is 14.1 Å². The molecule has 0 fully saturated rings. The first-order chi connectivity index (χ1) is 13.6. The van der Waals surface area contributed by atoms with Gasteiger partial charge in [-0.05, 0) is 29.0 Å². The summed E-state index contributed by atoms with van der Waals surface area (Å²) in [6.07, 6.45) is 0. The SMILES string of the molecule is Cn1c(=O)c2c3c4ccccc4cccc3n(-c3ccccc3)c2[n+](C)c1=O. The third-order valence-electron chi connectivity index (χ3n) is 5.37. The standard InChI is InChI=1S/C23H18N3O2/c1-24-21-20(22(27)25(2)23(24)28)19-17-13-7-6-9-15(17)10-8-14-18(19)26(21)16-11-4-3-5-12-16/h3-14H,1-2H3/q+1. The summed E-state index contributed by atoms with van der Waals surface area (Å²) in [6.45, 7) is 0. The summed E-state index contributed by atoms with van der Waals surface area (Å²) in [5.74, 6) is 0.